The van der Waals surface area contributed by atoms with Crippen LogP contribution in [0.3, 0.4) is 0 Å². The normalized spacial score (nSPS) is 27.3. The lowest BCUT2D eigenvalue weighted by Gasteiger charge is -2.39. The number of nitrogens with one attached hydrogen (secondary N) is 2. The van der Waals surface area contributed by atoms with Crippen LogP contribution in [0, 0.1) is 5.92 Å². The van der Waals surface area contributed by atoms with Gasteiger partial charge in [0.2, 0.25) is 10.0 Å². The van der Waals surface area contributed by atoms with Crippen molar-refractivity contribution in [3.63, 3.8) is 0 Å². The standard InChI is InChI=1S/C26H40N6O3S/c1-18(2)32-24-7-5-4-6-23(24)25(29-32)26(33)28-20-14-21-8-9-22(15-20)31(21)13-11-27-16-19-10-12-30(17-19)36(3,34)35/h4-7,18-22,27H,8-17H2,1-3H3,(H,28,33)/t19-,20?,21?,22?/m0/s1. The predicted octanol–water partition coefficient (Wildman–Crippen LogP) is 2.21. The molecule has 10 heteroatoms. The number of aromatic nitrogens is 2. The maximum Gasteiger partial charge on any atom is 0.272 e. The number of sulfonamides is 1. The van der Waals surface area contributed by atoms with Crippen molar-refractivity contribution in [1.82, 2.24) is 29.6 Å². The molecule has 4 heterocycles. The first-order chi connectivity index (χ1) is 17.2. The van der Waals surface area contributed by atoms with Gasteiger partial charge in [0.25, 0.3) is 5.91 Å². The number of carbonyl (C=O) groups excluding carboxylic acids is 1. The number of piperidine rings is 1. The highest BCUT2D eigenvalue weighted by Gasteiger charge is 2.41. The number of fused-ring (bicyclic) bond motifs is 3. The third-order valence-electron chi connectivity index (χ3n) is 8.23. The lowest BCUT2D eigenvalue weighted by molar-refractivity contribution is 0.0843. The largest absolute Gasteiger partial charge is 0.348 e. The molecule has 3 aliphatic heterocycles. The van der Waals surface area contributed by atoms with Crippen molar-refractivity contribution < 1.29 is 13.2 Å². The summed E-state index contributed by atoms with van der Waals surface area (Å²) in [4.78, 5) is 15.9. The third-order valence-corrected chi connectivity index (χ3v) is 9.50. The highest BCUT2D eigenvalue weighted by Crippen LogP contribution is 2.35. The molecule has 0 radical (unpaired) electrons. The number of hydrogen-bond donors (Lipinski definition) is 2. The van der Waals surface area contributed by atoms with Gasteiger partial charge in [-0.05, 0) is 64.5 Å². The Hall–Kier alpha value is -2.01. The first-order valence-electron chi connectivity index (χ1n) is 13.4. The van der Waals surface area contributed by atoms with Gasteiger partial charge in [-0.15, -0.1) is 0 Å². The zero-order valence-electron chi connectivity index (χ0n) is 21.7. The Morgan fingerprint density at radius 2 is 1.86 bits per heavy atom. The fraction of sp³-hybridized carbons (Fsp3) is 0.692. The first-order valence-corrected chi connectivity index (χ1v) is 15.2. The van der Waals surface area contributed by atoms with E-state index in [1.807, 2.05) is 28.9 Å². The third kappa shape index (κ3) is 5.32. The van der Waals surface area contributed by atoms with E-state index in [4.69, 9.17) is 0 Å². The molecule has 3 saturated heterocycles. The second kappa shape index (κ2) is 10.4. The molecule has 5 rings (SSSR count). The summed E-state index contributed by atoms with van der Waals surface area (Å²) in [5.74, 6) is 0.331. The summed E-state index contributed by atoms with van der Waals surface area (Å²) in [5.41, 5.74) is 1.53. The Morgan fingerprint density at radius 1 is 1.14 bits per heavy atom. The van der Waals surface area contributed by atoms with Gasteiger partial charge in [-0.1, -0.05) is 18.2 Å². The Kier molecular flexibility index (Phi) is 7.40. The Balaban J connectivity index is 1.11. The molecule has 9 nitrogen and oxygen atoms in total. The van der Waals surface area contributed by atoms with Crippen LogP contribution in [0.5, 0.6) is 0 Å². The molecule has 1 aromatic heterocycles. The van der Waals surface area contributed by atoms with Gasteiger partial charge < -0.3 is 10.6 Å². The molecule has 2 N–H and O–H groups in total. The lowest BCUT2D eigenvalue weighted by Crippen LogP contribution is -2.52. The summed E-state index contributed by atoms with van der Waals surface area (Å²) in [5, 5.41) is 12.5. The molecule has 2 bridgehead atoms. The molecule has 3 atom stereocenters. The summed E-state index contributed by atoms with van der Waals surface area (Å²) in [6, 6.07) is 9.36. The SMILES string of the molecule is CC(C)n1nc(C(=O)NC2CC3CCC(C2)N3CCNC[C@@H]2CCN(S(C)(=O)=O)C2)c2ccccc21. The highest BCUT2D eigenvalue weighted by atomic mass is 32.2. The van der Waals surface area contributed by atoms with Crippen LogP contribution in [0.1, 0.15) is 62.5 Å². The van der Waals surface area contributed by atoms with Gasteiger partial charge in [-0.25, -0.2) is 12.7 Å². The van der Waals surface area contributed by atoms with E-state index in [9.17, 15) is 13.2 Å². The molecule has 36 heavy (non-hydrogen) atoms. The van der Waals surface area contributed by atoms with Gasteiger partial charge in [0.15, 0.2) is 5.69 Å². The number of carbonyl (C=O) groups is 1. The van der Waals surface area contributed by atoms with Crippen molar-refractivity contribution in [2.75, 3.05) is 39.0 Å². The number of rotatable bonds is 9. The number of hydrogen-bond acceptors (Lipinski definition) is 6. The van der Waals surface area contributed by atoms with Crippen LogP contribution in [-0.2, 0) is 10.0 Å². The summed E-state index contributed by atoms with van der Waals surface area (Å²) in [6.07, 6.45) is 6.57. The Labute approximate surface area is 214 Å². The van der Waals surface area contributed by atoms with E-state index in [0.29, 0.717) is 36.8 Å². The van der Waals surface area contributed by atoms with Crippen LogP contribution in [-0.4, -0.2) is 90.4 Å². The molecular formula is C26H40N6O3S. The van der Waals surface area contributed by atoms with Crippen molar-refractivity contribution in [3.8, 4) is 0 Å². The van der Waals surface area contributed by atoms with Gasteiger partial charge in [0, 0.05) is 55.7 Å². The van der Waals surface area contributed by atoms with Gasteiger partial charge in [-0.2, -0.15) is 5.10 Å². The van der Waals surface area contributed by atoms with Gasteiger partial charge in [0.05, 0.1) is 11.8 Å². The predicted molar refractivity (Wildman–Crippen MR) is 142 cm³/mol. The van der Waals surface area contributed by atoms with E-state index in [0.717, 1.165) is 49.8 Å². The smallest absolute Gasteiger partial charge is 0.272 e. The van der Waals surface area contributed by atoms with Gasteiger partial charge in [-0.3, -0.25) is 14.4 Å². The molecule has 1 aromatic carbocycles. The quantitative estimate of drug-likeness (QED) is 0.496. The minimum Gasteiger partial charge on any atom is -0.348 e. The van der Waals surface area contributed by atoms with Crippen molar-refractivity contribution in [2.45, 2.75) is 70.1 Å². The number of nitrogens with zero attached hydrogens (tertiary/aromatic N) is 4. The monoisotopic (exact) mass is 516 g/mol. The van der Waals surface area contributed by atoms with Crippen LogP contribution in [0.2, 0.25) is 0 Å². The average molecular weight is 517 g/mol. The Bertz CT molecular complexity index is 1180. The van der Waals surface area contributed by atoms with E-state index >= 15 is 0 Å². The summed E-state index contributed by atoms with van der Waals surface area (Å²) < 4.78 is 27.0. The molecule has 2 aromatic rings. The van der Waals surface area contributed by atoms with Crippen LogP contribution in [0.4, 0.5) is 0 Å². The van der Waals surface area contributed by atoms with E-state index in [-0.39, 0.29) is 18.0 Å². The van der Waals surface area contributed by atoms with E-state index in [2.05, 4.69) is 34.5 Å². The van der Waals surface area contributed by atoms with E-state index in [1.54, 1.807) is 4.31 Å². The minimum absolute atomic E-state index is 0.0650. The summed E-state index contributed by atoms with van der Waals surface area (Å²) in [6.45, 7) is 8.22. The maximum atomic E-state index is 13.2. The molecule has 0 saturated carbocycles. The van der Waals surface area contributed by atoms with Gasteiger partial charge in [0.1, 0.15) is 0 Å². The van der Waals surface area contributed by atoms with Crippen molar-refractivity contribution in [3.05, 3.63) is 30.0 Å². The second-order valence-electron chi connectivity index (χ2n) is 11.1. The van der Waals surface area contributed by atoms with E-state index in [1.165, 1.54) is 19.1 Å². The molecular weight excluding hydrogens is 476 g/mol. The topological polar surface area (TPSA) is 99.6 Å². The average Bonchev–Trinajstić information content (AvgIpc) is 3.51. The lowest BCUT2D eigenvalue weighted by atomic mass is 9.97. The highest BCUT2D eigenvalue weighted by molar-refractivity contribution is 7.88. The first kappa shape index (κ1) is 25.6. The molecule has 1 amide bonds. The Morgan fingerprint density at radius 3 is 2.53 bits per heavy atom. The van der Waals surface area contributed by atoms with Crippen LogP contribution in [0.25, 0.3) is 10.9 Å². The number of benzene rings is 1. The van der Waals surface area contributed by atoms with Crippen LogP contribution in [0.15, 0.2) is 24.3 Å². The number of amides is 1. The zero-order chi connectivity index (χ0) is 25.4. The number of para-hydroxylation sites is 1. The molecule has 3 fully saturated rings. The maximum absolute atomic E-state index is 13.2. The molecule has 2 unspecified atom stereocenters. The fourth-order valence-corrected chi connectivity index (χ4v) is 7.36. The summed E-state index contributed by atoms with van der Waals surface area (Å²) in [7, 11) is -3.07. The van der Waals surface area contributed by atoms with Gasteiger partial charge >= 0.3 is 0 Å². The fourth-order valence-electron chi connectivity index (χ4n) is 6.44. The van der Waals surface area contributed by atoms with E-state index < -0.39 is 10.0 Å². The summed E-state index contributed by atoms with van der Waals surface area (Å²) >= 11 is 0. The van der Waals surface area contributed by atoms with Crippen molar-refractivity contribution in [1.29, 1.82) is 0 Å². The zero-order valence-corrected chi connectivity index (χ0v) is 22.5. The van der Waals surface area contributed by atoms with Crippen molar-refractivity contribution >= 4 is 26.8 Å². The molecule has 0 aliphatic carbocycles. The second-order valence-corrected chi connectivity index (χ2v) is 13.1. The molecule has 0 spiro atoms. The van der Waals surface area contributed by atoms with Crippen molar-refractivity contribution in [2.24, 2.45) is 5.92 Å². The molecule has 198 valence electrons. The minimum atomic E-state index is -3.07. The van der Waals surface area contributed by atoms with Crippen LogP contribution < -0.4 is 10.6 Å². The molecule has 3 aliphatic rings. The van der Waals surface area contributed by atoms with Crippen LogP contribution >= 0.6 is 0 Å².